The van der Waals surface area contributed by atoms with Crippen molar-refractivity contribution in [1.82, 2.24) is 0 Å². The van der Waals surface area contributed by atoms with Gasteiger partial charge in [0.15, 0.2) is 0 Å². The van der Waals surface area contributed by atoms with Gasteiger partial charge in [-0.3, -0.25) is 4.99 Å². The van der Waals surface area contributed by atoms with Crippen molar-refractivity contribution in [3.63, 3.8) is 0 Å². The molecule has 0 aromatic heterocycles. The van der Waals surface area contributed by atoms with Crippen LogP contribution in [-0.2, 0) is 0 Å². The summed E-state index contributed by atoms with van der Waals surface area (Å²) in [7, 11) is 0. The molecule has 0 saturated carbocycles. The molecule has 0 saturated heterocycles. The van der Waals surface area contributed by atoms with E-state index in [-0.39, 0.29) is 5.25 Å². The number of aliphatic hydroxyl groups excluding tert-OH is 1. The Morgan fingerprint density at radius 1 is 1.00 bits per heavy atom. The lowest BCUT2D eigenvalue weighted by Crippen LogP contribution is -2.16. The fraction of sp³-hybridized carbons (Fsp3) is 0.235. The Hall–Kier alpha value is -1.58. The maximum absolute atomic E-state index is 10.3. The molecule has 0 radical (unpaired) electrons. The molecular weight excluding hydrogens is 266 g/mol. The molecule has 2 atom stereocenters. The Morgan fingerprint density at radius 3 is 2.45 bits per heavy atom. The van der Waals surface area contributed by atoms with Gasteiger partial charge in [0, 0.05) is 11.1 Å². The highest BCUT2D eigenvalue weighted by atomic mass is 32.2. The highest BCUT2D eigenvalue weighted by molar-refractivity contribution is 7.99. The van der Waals surface area contributed by atoms with Crippen LogP contribution in [0.3, 0.4) is 0 Å². The number of thioether (sulfide) groups is 1. The van der Waals surface area contributed by atoms with E-state index >= 15 is 0 Å². The quantitative estimate of drug-likeness (QED) is 0.850. The normalized spacial score (nSPS) is 21.4. The van der Waals surface area contributed by atoms with Crippen LogP contribution in [0, 0.1) is 13.8 Å². The average Bonchev–Trinajstić information content (AvgIpc) is 2.59. The summed E-state index contributed by atoms with van der Waals surface area (Å²) in [5, 5.41) is 10.3. The molecule has 20 heavy (non-hydrogen) atoms. The summed E-state index contributed by atoms with van der Waals surface area (Å²) >= 11 is 1.68. The third kappa shape index (κ3) is 2.65. The van der Waals surface area contributed by atoms with Crippen molar-refractivity contribution >= 4 is 23.7 Å². The van der Waals surface area contributed by atoms with Gasteiger partial charge in [-0.15, -0.1) is 11.8 Å². The molecule has 2 aromatic carbocycles. The minimum Gasteiger partial charge on any atom is -0.386 e. The minimum atomic E-state index is -0.574. The molecule has 1 N–H and O–H groups in total. The molecule has 2 nitrogen and oxygen atoms in total. The Bertz CT molecular complexity index is 649. The van der Waals surface area contributed by atoms with E-state index in [0.717, 1.165) is 16.1 Å². The standard InChI is InChI=1S/C17H17NOS/c1-11-3-6-13(7-4-11)17-15(19)10-18-14-8-5-12(2)9-16(14)20-17/h3-10,15,17,19H,1-2H3/t15-,17-/m0/s1. The van der Waals surface area contributed by atoms with Crippen molar-refractivity contribution in [3.05, 3.63) is 59.2 Å². The number of fused-ring (bicyclic) bond motifs is 1. The van der Waals surface area contributed by atoms with Gasteiger partial charge in [0.25, 0.3) is 0 Å². The second-order valence-electron chi connectivity index (χ2n) is 5.19. The van der Waals surface area contributed by atoms with E-state index in [1.807, 2.05) is 6.07 Å². The van der Waals surface area contributed by atoms with E-state index in [9.17, 15) is 5.11 Å². The van der Waals surface area contributed by atoms with Crippen molar-refractivity contribution < 1.29 is 5.11 Å². The lowest BCUT2D eigenvalue weighted by Gasteiger charge is -2.19. The SMILES string of the molecule is Cc1ccc([C@@H]2Sc3cc(C)ccc3N=C[C@@H]2O)cc1. The number of benzene rings is 2. The zero-order valence-electron chi connectivity index (χ0n) is 11.6. The molecule has 0 aliphatic carbocycles. The zero-order chi connectivity index (χ0) is 14.1. The molecule has 0 fully saturated rings. The second kappa shape index (κ2) is 5.43. The number of hydrogen-bond donors (Lipinski definition) is 1. The number of nitrogens with zero attached hydrogens (tertiary/aromatic N) is 1. The summed E-state index contributed by atoms with van der Waals surface area (Å²) in [5.74, 6) is 0. The van der Waals surface area contributed by atoms with Crippen LogP contribution in [0.4, 0.5) is 5.69 Å². The number of aliphatic imine (C=N–C) groups is 1. The molecule has 2 aromatic rings. The first kappa shape index (κ1) is 13.4. The van der Waals surface area contributed by atoms with Gasteiger partial charge in [0.2, 0.25) is 0 Å². The Morgan fingerprint density at radius 2 is 1.70 bits per heavy atom. The van der Waals surface area contributed by atoms with E-state index in [0.29, 0.717) is 0 Å². The molecule has 1 heterocycles. The van der Waals surface area contributed by atoms with Gasteiger partial charge in [0.1, 0.15) is 6.10 Å². The summed E-state index contributed by atoms with van der Waals surface area (Å²) in [4.78, 5) is 5.53. The zero-order valence-corrected chi connectivity index (χ0v) is 12.4. The number of aliphatic hydroxyl groups is 1. The molecule has 3 heteroatoms. The van der Waals surface area contributed by atoms with Crippen LogP contribution in [0.5, 0.6) is 0 Å². The lowest BCUT2D eigenvalue weighted by atomic mass is 10.1. The van der Waals surface area contributed by atoms with E-state index in [2.05, 4.69) is 55.2 Å². The fourth-order valence-electron chi connectivity index (χ4n) is 2.29. The molecule has 0 unspecified atom stereocenters. The highest BCUT2D eigenvalue weighted by Crippen LogP contribution is 2.44. The summed E-state index contributed by atoms with van der Waals surface area (Å²) in [5.41, 5.74) is 4.51. The summed E-state index contributed by atoms with van der Waals surface area (Å²) < 4.78 is 0. The predicted octanol–water partition coefficient (Wildman–Crippen LogP) is 4.21. The minimum absolute atomic E-state index is 0.0117. The Balaban J connectivity index is 2.00. The highest BCUT2D eigenvalue weighted by Gasteiger charge is 2.24. The fourth-order valence-corrected chi connectivity index (χ4v) is 3.56. The molecule has 0 bridgehead atoms. The van der Waals surface area contributed by atoms with Crippen molar-refractivity contribution in [2.75, 3.05) is 0 Å². The van der Waals surface area contributed by atoms with Crippen LogP contribution in [-0.4, -0.2) is 17.4 Å². The monoisotopic (exact) mass is 283 g/mol. The summed E-state index contributed by atoms with van der Waals surface area (Å²) in [6.45, 7) is 4.15. The van der Waals surface area contributed by atoms with Crippen LogP contribution >= 0.6 is 11.8 Å². The van der Waals surface area contributed by atoms with Crippen LogP contribution in [0.25, 0.3) is 0 Å². The topological polar surface area (TPSA) is 32.6 Å². The van der Waals surface area contributed by atoms with Crippen molar-refractivity contribution in [3.8, 4) is 0 Å². The van der Waals surface area contributed by atoms with Gasteiger partial charge in [0.05, 0.1) is 10.9 Å². The van der Waals surface area contributed by atoms with Crippen LogP contribution in [0.15, 0.2) is 52.4 Å². The molecule has 1 aliphatic heterocycles. The van der Waals surface area contributed by atoms with Crippen LogP contribution in [0.2, 0.25) is 0 Å². The van der Waals surface area contributed by atoms with Crippen molar-refractivity contribution in [2.45, 2.75) is 30.1 Å². The second-order valence-corrected chi connectivity index (χ2v) is 6.37. The molecule has 3 rings (SSSR count). The van der Waals surface area contributed by atoms with Crippen LogP contribution < -0.4 is 0 Å². The van der Waals surface area contributed by atoms with Gasteiger partial charge in [-0.05, 0) is 37.1 Å². The van der Waals surface area contributed by atoms with E-state index in [1.165, 1.54) is 11.1 Å². The Labute approximate surface area is 123 Å². The average molecular weight is 283 g/mol. The van der Waals surface area contributed by atoms with Gasteiger partial charge in [-0.1, -0.05) is 35.9 Å². The smallest absolute Gasteiger partial charge is 0.105 e. The van der Waals surface area contributed by atoms with Gasteiger partial charge < -0.3 is 5.11 Å². The predicted molar refractivity (Wildman–Crippen MR) is 85.1 cm³/mol. The third-order valence-electron chi connectivity index (χ3n) is 3.45. The number of aryl methyl sites for hydroxylation is 2. The van der Waals surface area contributed by atoms with Gasteiger partial charge in [-0.25, -0.2) is 0 Å². The third-order valence-corrected chi connectivity index (χ3v) is 4.84. The van der Waals surface area contributed by atoms with Gasteiger partial charge >= 0.3 is 0 Å². The number of hydrogen-bond acceptors (Lipinski definition) is 3. The Kier molecular flexibility index (Phi) is 3.64. The van der Waals surface area contributed by atoms with E-state index in [4.69, 9.17) is 0 Å². The summed E-state index contributed by atoms with van der Waals surface area (Å²) in [6.07, 6.45) is 1.08. The van der Waals surface area contributed by atoms with Crippen molar-refractivity contribution in [1.29, 1.82) is 0 Å². The first-order chi connectivity index (χ1) is 9.63. The molecule has 1 aliphatic rings. The van der Waals surface area contributed by atoms with E-state index in [1.54, 1.807) is 18.0 Å². The van der Waals surface area contributed by atoms with Gasteiger partial charge in [-0.2, -0.15) is 0 Å². The lowest BCUT2D eigenvalue weighted by molar-refractivity contribution is 0.244. The van der Waals surface area contributed by atoms with Crippen LogP contribution in [0.1, 0.15) is 21.9 Å². The molecular formula is C17H17NOS. The first-order valence-electron chi connectivity index (χ1n) is 6.69. The molecule has 0 amide bonds. The van der Waals surface area contributed by atoms with Crippen molar-refractivity contribution in [2.24, 2.45) is 4.99 Å². The summed E-state index contributed by atoms with van der Waals surface area (Å²) in [6, 6.07) is 14.5. The maximum Gasteiger partial charge on any atom is 0.105 e. The number of rotatable bonds is 1. The largest absolute Gasteiger partial charge is 0.386 e. The first-order valence-corrected chi connectivity index (χ1v) is 7.57. The maximum atomic E-state index is 10.3. The van der Waals surface area contributed by atoms with E-state index < -0.39 is 6.10 Å². The molecule has 102 valence electrons. The molecule has 0 spiro atoms.